The first-order chi connectivity index (χ1) is 14.4. The number of carbonyl (C=O) groups excluding carboxylic acids is 1. The molecule has 0 bridgehead atoms. The van der Waals surface area contributed by atoms with Crippen LogP contribution in [0.5, 0.6) is 0 Å². The summed E-state index contributed by atoms with van der Waals surface area (Å²) in [5.74, 6) is 0.707. The molecular formula is C22H35BN4O4. The monoisotopic (exact) mass is 430 g/mol. The lowest BCUT2D eigenvalue weighted by atomic mass is 9.81. The number of hydrogen-bond donors (Lipinski definition) is 0. The van der Waals surface area contributed by atoms with Crippen LogP contribution < -0.4 is 10.4 Å². The molecule has 0 aromatic carbocycles. The van der Waals surface area contributed by atoms with Crippen LogP contribution in [-0.4, -0.2) is 70.1 Å². The minimum Gasteiger partial charge on any atom is -0.444 e. The van der Waals surface area contributed by atoms with E-state index in [0.717, 1.165) is 24.7 Å². The van der Waals surface area contributed by atoms with Gasteiger partial charge in [0, 0.05) is 37.0 Å². The molecule has 3 aliphatic rings. The quantitative estimate of drug-likeness (QED) is 0.680. The Bertz CT molecular complexity index is 804. The summed E-state index contributed by atoms with van der Waals surface area (Å²) < 4.78 is 17.8. The second-order valence-electron chi connectivity index (χ2n) is 10.9. The van der Waals surface area contributed by atoms with E-state index in [0.29, 0.717) is 25.1 Å². The van der Waals surface area contributed by atoms with Crippen molar-refractivity contribution < 1.29 is 18.8 Å². The highest BCUT2D eigenvalue weighted by atomic mass is 16.7. The van der Waals surface area contributed by atoms with Gasteiger partial charge < -0.3 is 23.8 Å². The van der Waals surface area contributed by atoms with Crippen LogP contribution in [0.4, 0.5) is 10.7 Å². The Balaban J connectivity index is 1.45. The van der Waals surface area contributed by atoms with Gasteiger partial charge in [-0.15, -0.1) is 0 Å². The molecule has 0 unspecified atom stereocenters. The van der Waals surface area contributed by atoms with Crippen molar-refractivity contribution in [2.75, 3.05) is 18.0 Å². The molecule has 1 saturated carbocycles. The van der Waals surface area contributed by atoms with Gasteiger partial charge in [-0.3, -0.25) is 0 Å². The Labute approximate surface area is 185 Å². The highest BCUT2D eigenvalue weighted by Crippen LogP contribution is 2.37. The number of likely N-dealkylation sites (tertiary alicyclic amines) is 1. The van der Waals surface area contributed by atoms with Gasteiger partial charge in [0.05, 0.1) is 17.2 Å². The number of nitrogens with zero attached hydrogens (tertiary/aromatic N) is 4. The van der Waals surface area contributed by atoms with Crippen molar-refractivity contribution in [3.8, 4) is 0 Å². The summed E-state index contributed by atoms with van der Waals surface area (Å²) in [6.45, 7) is 15.1. The molecular weight excluding hydrogens is 395 g/mol. The molecule has 9 heteroatoms. The number of carbonyl (C=O) groups is 1. The largest absolute Gasteiger partial charge is 0.498 e. The van der Waals surface area contributed by atoms with Crippen LogP contribution in [0.25, 0.3) is 0 Å². The summed E-state index contributed by atoms with van der Waals surface area (Å²) in [5, 5.41) is 0. The maximum Gasteiger partial charge on any atom is 0.498 e. The summed E-state index contributed by atoms with van der Waals surface area (Å²) in [4.78, 5) is 25.9. The summed E-state index contributed by atoms with van der Waals surface area (Å²) in [6.07, 6.45) is 6.51. The highest BCUT2D eigenvalue weighted by Gasteiger charge is 2.52. The lowest BCUT2D eigenvalue weighted by molar-refractivity contribution is 0.00578. The van der Waals surface area contributed by atoms with Crippen molar-refractivity contribution in [2.24, 2.45) is 0 Å². The first-order valence-electron chi connectivity index (χ1n) is 11.3. The Hall–Kier alpha value is -1.87. The Morgan fingerprint density at radius 1 is 1.10 bits per heavy atom. The van der Waals surface area contributed by atoms with Crippen LogP contribution >= 0.6 is 0 Å². The van der Waals surface area contributed by atoms with Crippen LogP contribution in [0.15, 0.2) is 12.4 Å². The molecule has 1 amide bonds. The third kappa shape index (κ3) is 4.67. The molecule has 2 aliphatic heterocycles. The molecule has 170 valence electrons. The highest BCUT2D eigenvalue weighted by molar-refractivity contribution is 6.61. The van der Waals surface area contributed by atoms with Gasteiger partial charge in [0.2, 0.25) is 5.95 Å². The van der Waals surface area contributed by atoms with Gasteiger partial charge in [0.15, 0.2) is 0 Å². The average Bonchev–Trinajstić information content (AvgIpc) is 3.29. The average molecular weight is 430 g/mol. The number of ether oxygens (including phenoxy) is 1. The predicted octanol–water partition coefficient (Wildman–Crippen LogP) is 2.75. The Morgan fingerprint density at radius 2 is 1.68 bits per heavy atom. The van der Waals surface area contributed by atoms with Crippen LogP contribution in [0.3, 0.4) is 0 Å². The van der Waals surface area contributed by atoms with Crippen LogP contribution in [0.2, 0.25) is 0 Å². The lowest BCUT2D eigenvalue weighted by Crippen LogP contribution is -2.43. The first-order valence-corrected chi connectivity index (χ1v) is 11.3. The zero-order chi connectivity index (χ0) is 22.6. The standard InChI is InChI=1S/C22H35BN4O4/c1-20(2,3)29-19(28)26-11-10-17(14-26)27(16-8-9-16)18-24-12-15(13-25-18)23-30-21(4,5)22(6,7)31-23/h12-13,16-17H,8-11,14H2,1-7H3/t17-/m0/s1. The van der Waals surface area contributed by atoms with E-state index in [-0.39, 0.29) is 12.1 Å². The minimum atomic E-state index is -0.488. The molecule has 3 heterocycles. The molecule has 1 atom stereocenters. The number of rotatable bonds is 4. The maximum absolute atomic E-state index is 12.5. The van der Waals surface area contributed by atoms with Crippen molar-refractivity contribution in [3.05, 3.63) is 12.4 Å². The first kappa shape index (κ1) is 22.3. The molecule has 31 heavy (non-hydrogen) atoms. The van der Waals surface area contributed by atoms with Gasteiger partial charge in [-0.05, 0) is 67.7 Å². The van der Waals surface area contributed by atoms with Gasteiger partial charge in [0.25, 0.3) is 0 Å². The van der Waals surface area contributed by atoms with Crippen molar-refractivity contribution >= 4 is 24.6 Å². The number of hydrogen-bond acceptors (Lipinski definition) is 7. The molecule has 8 nitrogen and oxygen atoms in total. The Morgan fingerprint density at radius 3 is 2.19 bits per heavy atom. The zero-order valence-electron chi connectivity index (χ0n) is 19.8. The van der Waals surface area contributed by atoms with Crippen molar-refractivity contribution in [1.82, 2.24) is 14.9 Å². The predicted molar refractivity (Wildman–Crippen MR) is 119 cm³/mol. The van der Waals surface area contributed by atoms with E-state index in [4.69, 9.17) is 14.0 Å². The van der Waals surface area contributed by atoms with Gasteiger partial charge in [-0.2, -0.15) is 0 Å². The third-order valence-corrected chi connectivity index (χ3v) is 6.56. The van der Waals surface area contributed by atoms with E-state index >= 15 is 0 Å². The summed E-state index contributed by atoms with van der Waals surface area (Å²) in [7, 11) is -0.470. The lowest BCUT2D eigenvalue weighted by Gasteiger charge is -2.32. The zero-order valence-corrected chi connectivity index (χ0v) is 19.8. The minimum absolute atomic E-state index is 0.197. The molecule has 3 fully saturated rings. The fraction of sp³-hybridized carbons (Fsp3) is 0.773. The molecule has 0 spiro atoms. The van der Waals surface area contributed by atoms with Crippen LogP contribution in [0, 0.1) is 0 Å². The van der Waals surface area contributed by atoms with Crippen molar-refractivity contribution in [1.29, 1.82) is 0 Å². The van der Waals surface area contributed by atoms with Gasteiger partial charge in [-0.1, -0.05) is 0 Å². The van der Waals surface area contributed by atoms with Crippen molar-refractivity contribution in [3.63, 3.8) is 0 Å². The molecule has 1 aromatic heterocycles. The topological polar surface area (TPSA) is 77.0 Å². The van der Waals surface area contributed by atoms with E-state index < -0.39 is 23.9 Å². The van der Waals surface area contributed by atoms with E-state index in [1.165, 1.54) is 0 Å². The van der Waals surface area contributed by atoms with Crippen LogP contribution in [0.1, 0.15) is 67.7 Å². The fourth-order valence-electron chi connectivity index (χ4n) is 4.00. The van der Waals surface area contributed by atoms with Gasteiger partial charge >= 0.3 is 13.2 Å². The molecule has 2 saturated heterocycles. The second kappa shape index (κ2) is 7.62. The summed E-state index contributed by atoms with van der Waals surface area (Å²) >= 11 is 0. The van der Waals surface area contributed by atoms with E-state index in [9.17, 15) is 4.79 Å². The summed E-state index contributed by atoms with van der Waals surface area (Å²) in [5.41, 5.74) is -0.464. The van der Waals surface area contributed by atoms with E-state index in [1.807, 2.05) is 48.5 Å². The fourth-order valence-corrected chi connectivity index (χ4v) is 4.00. The molecule has 4 rings (SSSR count). The summed E-state index contributed by atoms with van der Waals surface area (Å²) in [6, 6.07) is 0.633. The molecule has 1 aliphatic carbocycles. The number of aromatic nitrogens is 2. The smallest absolute Gasteiger partial charge is 0.444 e. The molecule has 0 N–H and O–H groups in total. The molecule has 0 radical (unpaired) electrons. The number of anilines is 1. The normalized spacial score (nSPS) is 25.1. The maximum atomic E-state index is 12.5. The van der Waals surface area contributed by atoms with E-state index in [1.54, 1.807) is 17.3 Å². The molecule has 1 aromatic rings. The number of amides is 1. The SMILES string of the molecule is CC(C)(C)OC(=O)N1CC[C@H](N(c2ncc(B3OC(C)(C)C(C)(C)O3)cn2)C2CC2)C1. The van der Waals surface area contributed by atoms with E-state index in [2.05, 4.69) is 14.9 Å². The van der Waals surface area contributed by atoms with Crippen LogP contribution in [-0.2, 0) is 14.0 Å². The van der Waals surface area contributed by atoms with Gasteiger partial charge in [-0.25, -0.2) is 14.8 Å². The Kier molecular flexibility index (Phi) is 5.49. The third-order valence-electron chi connectivity index (χ3n) is 6.56. The second-order valence-corrected chi connectivity index (χ2v) is 10.9. The van der Waals surface area contributed by atoms with Gasteiger partial charge in [0.1, 0.15) is 5.60 Å². The van der Waals surface area contributed by atoms with Crippen molar-refractivity contribution in [2.45, 2.75) is 96.6 Å².